The maximum Gasteiger partial charge on any atom is 0.328 e. The molecule has 0 aliphatic carbocycles. The van der Waals surface area contributed by atoms with Crippen molar-refractivity contribution in [1.29, 1.82) is 0 Å². The zero-order valence-electron chi connectivity index (χ0n) is 11.7. The Labute approximate surface area is 118 Å². The molecule has 108 valence electrons. The normalized spacial score (nSPS) is 11.4. The Morgan fingerprint density at radius 1 is 1.40 bits per heavy atom. The van der Waals surface area contributed by atoms with E-state index in [-0.39, 0.29) is 18.5 Å². The second-order valence-electron chi connectivity index (χ2n) is 4.88. The maximum absolute atomic E-state index is 11.1. The van der Waals surface area contributed by atoms with Crippen molar-refractivity contribution in [2.24, 2.45) is 5.73 Å². The minimum Gasteiger partial charge on any atom is -0.478 e. The van der Waals surface area contributed by atoms with Crippen molar-refractivity contribution in [1.82, 2.24) is 4.90 Å². The van der Waals surface area contributed by atoms with E-state index in [4.69, 9.17) is 10.8 Å². The lowest BCUT2D eigenvalue weighted by Crippen LogP contribution is -2.37. The second-order valence-corrected chi connectivity index (χ2v) is 4.88. The average molecular weight is 276 g/mol. The predicted molar refractivity (Wildman–Crippen MR) is 77.9 cm³/mol. The number of benzene rings is 1. The monoisotopic (exact) mass is 276 g/mol. The molecule has 0 heterocycles. The molecule has 20 heavy (non-hydrogen) atoms. The Bertz CT molecular complexity index is 510. The first-order valence-electron chi connectivity index (χ1n) is 6.41. The molecule has 0 aliphatic rings. The fourth-order valence-electron chi connectivity index (χ4n) is 1.82. The minimum atomic E-state index is -0.979. The van der Waals surface area contributed by atoms with Gasteiger partial charge >= 0.3 is 5.97 Å². The molecule has 0 bridgehead atoms. The van der Waals surface area contributed by atoms with Gasteiger partial charge in [-0.2, -0.15) is 0 Å². The Balaban J connectivity index is 2.82. The number of carboxylic acids is 1. The second kappa shape index (κ2) is 7.45. The highest BCUT2D eigenvalue weighted by Crippen LogP contribution is 2.11. The molecule has 5 nitrogen and oxygen atoms in total. The molecule has 1 amide bonds. The van der Waals surface area contributed by atoms with E-state index in [1.54, 1.807) is 6.08 Å². The summed E-state index contributed by atoms with van der Waals surface area (Å²) in [7, 11) is 0. The number of aliphatic carboxylic acids is 1. The van der Waals surface area contributed by atoms with E-state index in [1.165, 1.54) is 0 Å². The van der Waals surface area contributed by atoms with Gasteiger partial charge in [0.2, 0.25) is 5.91 Å². The zero-order valence-corrected chi connectivity index (χ0v) is 11.7. The molecule has 0 saturated carbocycles. The molecule has 0 fully saturated rings. The average Bonchev–Trinajstić information content (AvgIpc) is 2.35. The summed E-state index contributed by atoms with van der Waals surface area (Å²) in [6, 6.07) is 7.72. The number of nitrogens with two attached hydrogens (primary N) is 1. The number of carboxylic acid groups (broad SMARTS) is 1. The van der Waals surface area contributed by atoms with Crippen molar-refractivity contribution >= 4 is 18.0 Å². The van der Waals surface area contributed by atoms with Gasteiger partial charge in [-0.3, -0.25) is 9.69 Å². The first-order chi connectivity index (χ1) is 9.38. The quantitative estimate of drug-likeness (QED) is 0.739. The summed E-state index contributed by atoms with van der Waals surface area (Å²) in [5, 5.41) is 8.62. The molecule has 0 atom stereocenters. The van der Waals surface area contributed by atoms with E-state index in [0.717, 1.165) is 17.2 Å². The molecule has 3 N–H and O–H groups in total. The van der Waals surface area contributed by atoms with Crippen LogP contribution in [0.1, 0.15) is 25.0 Å². The van der Waals surface area contributed by atoms with E-state index in [9.17, 15) is 9.59 Å². The van der Waals surface area contributed by atoms with E-state index >= 15 is 0 Å². The first kappa shape index (κ1) is 15.9. The van der Waals surface area contributed by atoms with Gasteiger partial charge in [-0.25, -0.2) is 4.79 Å². The Morgan fingerprint density at radius 3 is 2.65 bits per heavy atom. The number of hydrogen-bond donors (Lipinski definition) is 2. The standard InChI is InChI=1S/C15H20N2O3/c1-11(2)17(10-14(16)18)9-13-5-3-4-12(8-13)6-7-15(19)20/h3-8,11H,9-10H2,1-2H3,(H2,16,18)(H,19,20). The fourth-order valence-corrected chi connectivity index (χ4v) is 1.82. The molecule has 0 spiro atoms. The van der Waals surface area contributed by atoms with Gasteiger partial charge in [0.05, 0.1) is 6.54 Å². The van der Waals surface area contributed by atoms with Crippen molar-refractivity contribution in [2.45, 2.75) is 26.4 Å². The number of carbonyl (C=O) groups excluding carboxylic acids is 1. The molecule has 5 heteroatoms. The SMILES string of the molecule is CC(C)N(CC(N)=O)Cc1cccc(C=CC(=O)O)c1. The maximum atomic E-state index is 11.1. The van der Waals surface area contributed by atoms with Gasteiger partial charge in [-0.1, -0.05) is 24.3 Å². The summed E-state index contributed by atoms with van der Waals surface area (Å²) < 4.78 is 0. The van der Waals surface area contributed by atoms with Crippen LogP contribution in [0.5, 0.6) is 0 Å². The van der Waals surface area contributed by atoms with Crippen LogP contribution >= 0.6 is 0 Å². The van der Waals surface area contributed by atoms with E-state index in [2.05, 4.69) is 0 Å². The van der Waals surface area contributed by atoms with Gasteiger partial charge in [0.1, 0.15) is 0 Å². The van der Waals surface area contributed by atoms with Crippen molar-refractivity contribution in [3.63, 3.8) is 0 Å². The summed E-state index contributed by atoms with van der Waals surface area (Å²) in [5.41, 5.74) is 7.06. The van der Waals surface area contributed by atoms with Crippen LogP contribution in [-0.2, 0) is 16.1 Å². The highest BCUT2D eigenvalue weighted by Gasteiger charge is 2.12. The van der Waals surface area contributed by atoms with Gasteiger partial charge in [0.15, 0.2) is 0 Å². The van der Waals surface area contributed by atoms with E-state index < -0.39 is 5.97 Å². The number of nitrogens with zero attached hydrogens (tertiary/aromatic N) is 1. The molecule has 1 rings (SSSR count). The van der Waals surface area contributed by atoms with Crippen LogP contribution in [0.25, 0.3) is 6.08 Å². The molecule has 1 aromatic rings. The summed E-state index contributed by atoms with van der Waals surface area (Å²) in [5.74, 6) is -1.34. The van der Waals surface area contributed by atoms with E-state index in [1.807, 2.05) is 43.0 Å². The smallest absolute Gasteiger partial charge is 0.328 e. The van der Waals surface area contributed by atoms with Crippen molar-refractivity contribution in [2.75, 3.05) is 6.54 Å². The molecule has 0 saturated heterocycles. The Hall–Kier alpha value is -2.14. The third-order valence-electron chi connectivity index (χ3n) is 2.84. The minimum absolute atomic E-state index is 0.195. The number of rotatable bonds is 7. The summed E-state index contributed by atoms with van der Waals surface area (Å²) in [6.07, 6.45) is 2.64. The van der Waals surface area contributed by atoms with Crippen molar-refractivity contribution in [3.8, 4) is 0 Å². The fraction of sp³-hybridized carbons (Fsp3) is 0.333. The van der Waals surface area contributed by atoms with Gasteiger partial charge in [0.25, 0.3) is 0 Å². The highest BCUT2D eigenvalue weighted by atomic mass is 16.4. The molecular weight excluding hydrogens is 256 g/mol. The van der Waals surface area contributed by atoms with Crippen molar-refractivity contribution < 1.29 is 14.7 Å². The lowest BCUT2D eigenvalue weighted by molar-refractivity contribution is -0.131. The van der Waals surface area contributed by atoms with E-state index in [0.29, 0.717) is 6.54 Å². The lowest BCUT2D eigenvalue weighted by atomic mass is 10.1. The third-order valence-corrected chi connectivity index (χ3v) is 2.84. The van der Waals surface area contributed by atoms with Crippen LogP contribution < -0.4 is 5.73 Å². The zero-order chi connectivity index (χ0) is 15.1. The summed E-state index contributed by atoms with van der Waals surface area (Å²) in [6.45, 7) is 4.79. The number of carbonyl (C=O) groups is 2. The number of primary amides is 1. The van der Waals surface area contributed by atoms with Crippen LogP contribution in [0, 0.1) is 0 Å². The largest absolute Gasteiger partial charge is 0.478 e. The van der Waals surface area contributed by atoms with Gasteiger partial charge in [-0.05, 0) is 31.1 Å². The summed E-state index contributed by atoms with van der Waals surface area (Å²) in [4.78, 5) is 23.5. The number of hydrogen-bond acceptors (Lipinski definition) is 3. The Morgan fingerprint density at radius 2 is 2.10 bits per heavy atom. The lowest BCUT2D eigenvalue weighted by Gasteiger charge is -2.25. The first-order valence-corrected chi connectivity index (χ1v) is 6.41. The van der Waals surface area contributed by atoms with Gasteiger partial charge in [0, 0.05) is 18.7 Å². The molecule has 1 aromatic carbocycles. The van der Waals surface area contributed by atoms with Crippen molar-refractivity contribution in [3.05, 3.63) is 41.5 Å². The highest BCUT2D eigenvalue weighted by molar-refractivity contribution is 5.85. The van der Waals surface area contributed by atoms with Crippen LogP contribution in [-0.4, -0.2) is 34.5 Å². The predicted octanol–water partition coefficient (Wildman–Crippen LogP) is 1.48. The van der Waals surface area contributed by atoms with Crippen LogP contribution in [0.15, 0.2) is 30.3 Å². The Kier molecular flexibility index (Phi) is 5.93. The molecule has 0 aliphatic heterocycles. The summed E-state index contributed by atoms with van der Waals surface area (Å²) >= 11 is 0. The van der Waals surface area contributed by atoms with Crippen LogP contribution in [0.2, 0.25) is 0 Å². The molecular formula is C15H20N2O3. The van der Waals surface area contributed by atoms with Gasteiger partial charge in [-0.15, -0.1) is 0 Å². The van der Waals surface area contributed by atoms with Crippen LogP contribution in [0.4, 0.5) is 0 Å². The molecule has 0 radical (unpaired) electrons. The number of amides is 1. The third kappa shape index (κ3) is 5.67. The van der Waals surface area contributed by atoms with Crippen LogP contribution in [0.3, 0.4) is 0 Å². The topological polar surface area (TPSA) is 83.6 Å². The molecule has 0 aromatic heterocycles. The van der Waals surface area contributed by atoms with Gasteiger partial charge < -0.3 is 10.8 Å². The molecule has 0 unspecified atom stereocenters.